The highest BCUT2D eigenvalue weighted by Gasteiger charge is 2.42. The zero-order valence-electron chi connectivity index (χ0n) is 14.3. The fourth-order valence-electron chi connectivity index (χ4n) is 3.65. The van der Waals surface area contributed by atoms with Gasteiger partial charge in [-0.2, -0.15) is 0 Å². The zero-order chi connectivity index (χ0) is 18.0. The fourth-order valence-corrected chi connectivity index (χ4v) is 3.65. The Hall–Kier alpha value is -2.42. The summed E-state index contributed by atoms with van der Waals surface area (Å²) in [5.41, 5.74) is -1.10. The smallest absolute Gasteiger partial charge is 0.325 e. The summed E-state index contributed by atoms with van der Waals surface area (Å²) >= 11 is 0. The van der Waals surface area contributed by atoms with E-state index in [1.807, 2.05) is 7.05 Å². The molecule has 1 aromatic rings. The predicted octanol–water partition coefficient (Wildman–Crippen LogP) is -1.58. The maximum absolute atomic E-state index is 12.7. The van der Waals surface area contributed by atoms with Gasteiger partial charge in [0.05, 0.1) is 6.42 Å². The lowest BCUT2D eigenvalue weighted by Crippen LogP contribution is -2.62. The molecule has 2 fully saturated rings. The first-order valence-electron chi connectivity index (χ1n) is 8.46. The van der Waals surface area contributed by atoms with Crippen LogP contribution < -0.4 is 16.6 Å². The highest BCUT2D eigenvalue weighted by atomic mass is 16.2. The predicted molar refractivity (Wildman–Crippen MR) is 90.2 cm³/mol. The largest absolute Gasteiger partial charge is 0.356 e. The molecule has 2 saturated heterocycles. The highest BCUT2D eigenvalue weighted by Crippen LogP contribution is 2.30. The number of aromatic nitrogens is 2. The SMILES string of the molecule is CN1CCN(C(=O)Cc2c[nH]c(=O)[nH]c2=O)C[C@@]12CCNC(=O)CC2. The van der Waals surface area contributed by atoms with Gasteiger partial charge in [0.25, 0.3) is 5.56 Å². The minimum atomic E-state index is -0.588. The molecule has 136 valence electrons. The lowest BCUT2D eigenvalue weighted by atomic mass is 9.86. The average molecular weight is 349 g/mol. The third-order valence-corrected chi connectivity index (χ3v) is 5.32. The van der Waals surface area contributed by atoms with Gasteiger partial charge in [0.15, 0.2) is 0 Å². The molecule has 1 aromatic heterocycles. The average Bonchev–Trinajstić information content (AvgIpc) is 2.75. The Morgan fingerprint density at radius 2 is 2.04 bits per heavy atom. The van der Waals surface area contributed by atoms with Crippen LogP contribution in [0.25, 0.3) is 0 Å². The van der Waals surface area contributed by atoms with Gasteiger partial charge >= 0.3 is 5.69 Å². The molecular weight excluding hydrogens is 326 g/mol. The second-order valence-electron chi connectivity index (χ2n) is 6.84. The van der Waals surface area contributed by atoms with Gasteiger partial charge in [0.1, 0.15) is 0 Å². The molecule has 0 saturated carbocycles. The molecule has 25 heavy (non-hydrogen) atoms. The Morgan fingerprint density at radius 1 is 1.24 bits per heavy atom. The summed E-state index contributed by atoms with van der Waals surface area (Å²) in [5.74, 6) is -0.0953. The topological polar surface area (TPSA) is 118 Å². The molecule has 2 aliphatic rings. The molecular formula is C16H23N5O4. The Labute approximate surface area is 144 Å². The quantitative estimate of drug-likeness (QED) is 0.595. The van der Waals surface area contributed by atoms with E-state index in [-0.39, 0.29) is 29.3 Å². The maximum atomic E-state index is 12.7. The second-order valence-corrected chi connectivity index (χ2v) is 6.84. The molecule has 9 heteroatoms. The molecule has 1 atom stereocenters. The summed E-state index contributed by atoms with van der Waals surface area (Å²) in [4.78, 5) is 55.7. The first kappa shape index (κ1) is 17.4. The van der Waals surface area contributed by atoms with Crippen LogP contribution in [0.2, 0.25) is 0 Å². The summed E-state index contributed by atoms with van der Waals surface area (Å²) in [6, 6.07) is 0. The van der Waals surface area contributed by atoms with Gasteiger partial charge in [-0.1, -0.05) is 0 Å². The molecule has 2 aliphatic heterocycles. The Bertz CT molecular complexity index is 785. The maximum Gasteiger partial charge on any atom is 0.325 e. The van der Waals surface area contributed by atoms with E-state index in [1.54, 1.807) is 4.90 Å². The number of piperazine rings is 1. The summed E-state index contributed by atoms with van der Waals surface area (Å²) < 4.78 is 0. The standard InChI is InChI=1S/C16H23N5O4/c1-20-6-7-21(10-16(20)3-2-12(22)17-5-4-16)13(23)8-11-9-18-15(25)19-14(11)24/h9H,2-8,10H2,1H3,(H,17,22)(H2,18,19,24,25)/t16-/m1/s1. The van der Waals surface area contributed by atoms with Crippen molar-refractivity contribution >= 4 is 11.8 Å². The molecule has 0 bridgehead atoms. The molecule has 3 heterocycles. The monoisotopic (exact) mass is 349 g/mol. The van der Waals surface area contributed by atoms with Gasteiger partial charge < -0.3 is 15.2 Å². The lowest BCUT2D eigenvalue weighted by Gasteiger charge is -2.49. The van der Waals surface area contributed by atoms with Gasteiger partial charge in [0.2, 0.25) is 11.8 Å². The van der Waals surface area contributed by atoms with Gasteiger partial charge in [-0.15, -0.1) is 0 Å². The molecule has 3 N–H and O–H groups in total. The molecule has 2 amide bonds. The Balaban J connectivity index is 1.74. The van der Waals surface area contributed by atoms with E-state index in [2.05, 4.69) is 20.2 Å². The summed E-state index contributed by atoms with van der Waals surface area (Å²) in [5, 5.41) is 2.89. The molecule has 3 rings (SSSR count). The van der Waals surface area contributed by atoms with Crippen LogP contribution in [0, 0.1) is 0 Å². The van der Waals surface area contributed by atoms with Crippen molar-refractivity contribution in [1.82, 2.24) is 25.1 Å². The van der Waals surface area contributed by atoms with Crippen molar-refractivity contribution in [3.8, 4) is 0 Å². The second kappa shape index (κ2) is 6.83. The van der Waals surface area contributed by atoms with Gasteiger partial charge in [-0.3, -0.25) is 24.3 Å². The lowest BCUT2D eigenvalue weighted by molar-refractivity contribution is -0.136. The number of carbonyl (C=O) groups excluding carboxylic acids is 2. The number of amides is 2. The van der Waals surface area contributed by atoms with Gasteiger partial charge in [-0.05, 0) is 19.9 Å². The third kappa shape index (κ3) is 3.65. The van der Waals surface area contributed by atoms with Crippen molar-refractivity contribution in [2.45, 2.75) is 31.2 Å². The molecule has 0 aromatic carbocycles. The Kier molecular flexibility index (Phi) is 4.76. The van der Waals surface area contributed by atoms with Crippen LogP contribution in [0.15, 0.2) is 15.8 Å². The summed E-state index contributed by atoms with van der Waals surface area (Å²) in [7, 11) is 2.03. The van der Waals surface area contributed by atoms with E-state index in [0.29, 0.717) is 32.5 Å². The van der Waals surface area contributed by atoms with Gasteiger partial charge in [0, 0.05) is 49.9 Å². The van der Waals surface area contributed by atoms with Crippen LogP contribution in [0.5, 0.6) is 0 Å². The number of H-pyrrole nitrogens is 2. The van der Waals surface area contributed by atoms with Gasteiger partial charge in [-0.25, -0.2) is 4.79 Å². The van der Waals surface area contributed by atoms with Crippen LogP contribution >= 0.6 is 0 Å². The van der Waals surface area contributed by atoms with Crippen LogP contribution in [-0.2, 0) is 16.0 Å². The number of carbonyl (C=O) groups is 2. The number of likely N-dealkylation sites (N-methyl/N-ethyl adjacent to an activating group) is 1. The van der Waals surface area contributed by atoms with Crippen molar-refractivity contribution in [2.75, 3.05) is 33.2 Å². The first-order chi connectivity index (χ1) is 11.9. The highest BCUT2D eigenvalue weighted by molar-refractivity contribution is 5.79. The number of hydrogen-bond donors (Lipinski definition) is 3. The molecule has 0 unspecified atom stereocenters. The van der Waals surface area contributed by atoms with Crippen LogP contribution in [0.1, 0.15) is 24.8 Å². The first-order valence-corrected chi connectivity index (χ1v) is 8.46. The number of rotatable bonds is 2. The minimum Gasteiger partial charge on any atom is -0.356 e. The van der Waals surface area contributed by atoms with E-state index < -0.39 is 11.2 Å². The third-order valence-electron chi connectivity index (χ3n) is 5.32. The van der Waals surface area contributed by atoms with E-state index in [4.69, 9.17) is 0 Å². The number of hydrogen-bond acceptors (Lipinski definition) is 5. The van der Waals surface area contributed by atoms with Crippen molar-refractivity contribution in [1.29, 1.82) is 0 Å². The van der Waals surface area contributed by atoms with E-state index >= 15 is 0 Å². The van der Waals surface area contributed by atoms with Crippen LogP contribution in [0.4, 0.5) is 0 Å². The number of nitrogens with zero attached hydrogens (tertiary/aromatic N) is 2. The van der Waals surface area contributed by atoms with Crippen molar-refractivity contribution in [3.05, 3.63) is 32.6 Å². The van der Waals surface area contributed by atoms with E-state index in [9.17, 15) is 19.2 Å². The van der Waals surface area contributed by atoms with E-state index in [0.717, 1.165) is 13.0 Å². The summed E-state index contributed by atoms with van der Waals surface area (Å²) in [6.45, 7) is 2.45. The van der Waals surface area contributed by atoms with Crippen molar-refractivity contribution in [3.63, 3.8) is 0 Å². The summed E-state index contributed by atoms with van der Waals surface area (Å²) in [6.07, 6.45) is 3.19. The van der Waals surface area contributed by atoms with Crippen LogP contribution in [-0.4, -0.2) is 70.3 Å². The van der Waals surface area contributed by atoms with Crippen molar-refractivity contribution < 1.29 is 9.59 Å². The Morgan fingerprint density at radius 3 is 2.80 bits per heavy atom. The van der Waals surface area contributed by atoms with E-state index in [1.165, 1.54) is 6.20 Å². The number of aromatic amines is 2. The van der Waals surface area contributed by atoms with Crippen LogP contribution in [0.3, 0.4) is 0 Å². The number of nitrogens with one attached hydrogen (secondary N) is 3. The minimum absolute atomic E-state index is 0.0495. The fraction of sp³-hybridized carbons (Fsp3) is 0.625. The molecule has 0 aliphatic carbocycles. The normalized spacial score (nSPS) is 24.8. The molecule has 9 nitrogen and oxygen atoms in total. The molecule has 0 radical (unpaired) electrons. The zero-order valence-corrected chi connectivity index (χ0v) is 14.3. The molecule has 1 spiro atoms. The van der Waals surface area contributed by atoms with Crippen molar-refractivity contribution in [2.24, 2.45) is 0 Å².